The van der Waals surface area contributed by atoms with Crippen LogP contribution in [0.3, 0.4) is 0 Å². The number of sulfone groups is 1. The zero-order valence-electron chi connectivity index (χ0n) is 18.8. The summed E-state index contributed by atoms with van der Waals surface area (Å²) >= 11 is 1.19. The molecule has 0 saturated heterocycles. The number of nitrogens with one attached hydrogen (secondary N) is 1. The van der Waals surface area contributed by atoms with Crippen molar-refractivity contribution in [1.29, 1.82) is 0 Å². The molecule has 3 rings (SSSR count). The van der Waals surface area contributed by atoms with Crippen LogP contribution in [0.1, 0.15) is 37.6 Å². The van der Waals surface area contributed by atoms with Crippen LogP contribution in [0.2, 0.25) is 0 Å². The number of hydrogen-bond donors (Lipinski definition) is 1. The molecule has 0 radical (unpaired) electrons. The summed E-state index contributed by atoms with van der Waals surface area (Å²) in [6.45, 7) is 6.58. The fraction of sp³-hybridized carbons (Fsp3) is 0.348. The van der Waals surface area contributed by atoms with Gasteiger partial charge in [0, 0.05) is 35.3 Å². The van der Waals surface area contributed by atoms with Crippen LogP contribution >= 0.6 is 11.3 Å². The van der Waals surface area contributed by atoms with E-state index in [0.717, 1.165) is 17.7 Å². The van der Waals surface area contributed by atoms with Crippen LogP contribution in [0.4, 0.5) is 18.9 Å². The average molecular weight is 498 g/mol. The second-order valence-electron chi connectivity index (χ2n) is 8.77. The smallest absolute Gasteiger partial charge is 0.189 e. The zero-order valence-corrected chi connectivity index (χ0v) is 20.5. The number of hydrogen-bond acceptors (Lipinski definition) is 6. The number of rotatable bonds is 8. The summed E-state index contributed by atoms with van der Waals surface area (Å²) in [5, 5.41) is 4.32. The summed E-state index contributed by atoms with van der Waals surface area (Å²) in [6.07, 6.45) is 0. The highest BCUT2D eigenvalue weighted by Crippen LogP contribution is 2.27. The Kier molecular flexibility index (Phi) is 7.50. The second-order valence-corrected chi connectivity index (χ2v) is 11.4. The average Bonchev–Trinajstić information content (AvgIpc) is 3.18. The van der Waals surface area contributed by atoms with Gasteiger partial charge in [-0.2, -0.15) is 0 Å². The molecule has 0 aliphatic heterocycles. The molecule has 0 fully saturated rings. The molecule has 3 aromatic rings. The molecule has 0 aliphatic rings. The zero-order chi connectivity index (χ0) is 24.4. The molecule has 1 N–H and O–H groups in total. The Morgan fingerprint density at radius 2 is 1.76 bits per heavy atom. The maximum Gasteiger partial charge on any atom is 0.189 e. The lowest BCUT2D eigenvalue weighted by Crippen LogP contribution is -2.37. The number of benzene rings is 2. The fourth-order valence-electron chi connectivity index (χ4n) is 3.17. The largest absolute Gasteiger partial charge is 0.381 e. The monoisotopic (exact) mass is 497 g/mol. The van der Waals surface area contributed by atoms with Crippen LogP contribution in [0.5, 0.6) is 0 Å². The fourth-order valence-corrected chi connectivity index (χ4v) is 5.23. The molecule has 0 aliphatic carbocycles. The molecule has 2 aromatic carbocycles. The Balaban J connectivity index is 1.82. The van der Waals surface area contributed by atoms with Gasteiger partial charge in [-0.15, -0.1) is 11.3 Å². The third-order valence-corrected chi connectivity index (χ3v) is 7.69. The number of thiazole rings is 1. The molecule has 33 heavy (non-hydrogen) atoms. The summed E-state index contributed by atoms with van der Waals surface area (Å²) in [6, 6.07) is 6.55. The number of halogens is 3. The molecule has 178 valence electrons. The van der Waals surface area contributed by atoms with E-state index in [1.165, 1.54) is 28.3 Å². The maximum absolute atomic E-state index is 14.7. The standard InChI is InChI=1S/C23H26F3N3O2S2/c1-23(2,3)29(4)11-15-6-5-7-19(24)18(15)10-27-16-8-20(25)22(21(26)9-16)33(30,31)13-17-12-32-14-28-17/h5-9,12,14,27H,10-11,13H2,1-4H3. The van der Waals surface area contributed by atoms with Crippen molar-refractivity contribution < 1.29 is 21.6 Å². The van der Waals surface area contributed by atoms with Gasteiger partial charge < -0.3 is 5.32 Å². The number of anilines is 1. The minimum Gasteiger partial charge on any atom is -0.381 e. The van der Waals surface area contributed by atoms with Crippen molar-refractivity contribution in [3.05, 3.63) is 75.5 Å². The topological polar surface area (TPSA) is 62.3 Å². The van der Waals surface area contributed by atoms with Crippen LogP contribution in [0.15, 0.2) is 46.1 Å². The maximum atomic E-state index is 14.7. The van der Waals surface area contributed by atoms with E-state index < -0.39 is 37.9 Å². The lowest BCUT2D eigenvalue weighted by Gasteiger charge is -2.32. The Labute approximate surface area is 196 Å². The van der Waals surface area contributed by atoms with Crippen LogP contribution in [0, 0.1) is 17.5 Å². The molecule has 0 spiro atoms. The minimum atomic E-state index is -4.27. The van der Waals surface area contributed by atoms with E-state index in [9.17, 15) is 21.6 Å². The van der Waals surface area contributed by atoms with Gasteiger partial charge in [-0.25, -0.2) is 26.6 Å². The van der Waals surface area contributed by atoms with Crippen molar-refractivity contribution in [2.45, 2.75) is 50.0 Å². The van der Waals surface area contributed by atoms with Crippen molar-refractivity contribution in [1.82, 2.24) is 9.88 Å². The first kappa shape index (κ1) is 25.2. The van der Waals surface area contributed by atoms with E-state index in [4.69, 9.17) is 0 Å². The first-order valence-electron chi connectivity index (χ1n) is 10.2. The Morgan fingerprint density at radius 3 is 2.33 bits per heavy atom. The Bertz CT molecular complexity index is 1200. The third-order valence-electron chi connectivity index (χ3n) is 5.37. The minimum absolute atomic E-state index is 0.0102. The van der Waals surface area contributed by atoms with E-state index in [0.29, 0.717) is 12.1 Å². The van der Waals surface area contributed by atoms with E-state index in [2.05, 4.69) is 15.2 Å². The van der Waals surface area contributed by atoms with Crippen LogP contribution in [-0.2, 0) is 28.7 Å². The predicted octanol–water partition coefficient (Wildman–Crippen LogP) is 5.38. The van der Waals surface area contributed by atoms with Crippen molar-refractivity contribution in [2.24, 2.45) is 0 Å². The lowest BCUT2D eigenvalue weighted by atomic mass is 10.0. The molecule has 0 saturated carbocycles. The molecule has 0 amide bonds. The van der Waals surface area contributed by atoms with Crippen molar-refractivity contribution >= 4 is 26.9 Å². The van der Waals surface area contributed by atoms with Gasteiger partial charge in [0.25, 0.3) is 0 Å². The summed E-state index contributed by atoms with van der Waals surface area (Å²) < 4.78 is 68.9. The quantitative estimate of drug-likeness (QED) is 0.453. The first-order valence-corrected chi connectivity index (χ1v) is 12.8. The van der Waals surface area contributed by atoms with Crippen LogP contribution in [-0.4, -0.2) is 30.9 Å². The molecule has 0 atom stereocenters. The second kappa shape index (κ2) is 9.82. The first-order chi connectivity index (χ1) is 15.4. The highest BCUT2D eigenvalue weighted by molar-refractivity contribution is 7.90. The Hall–Kier alpha value is -2.43. The SMILES string of the molecule is CN(Cc1cccc(F)c1CNc1cc(F)c(S(=O)(=O)Cc2cscn2)c(F)c1)C(C)(C)C. The predicted molar refractivity (Wildman–Crippen MR) is 124 cm³/mol. The molecular formula is C23H26F3N3O2S2. The number of nitrogens with zero attached hydrogens (tertiary/aromatic N) is 2. The lowest BCUT2D eigenvalue weighted by molar-refractivity contribution is 0.167. The van der Waals surface area contributed by atoms with Gasteiger partial charge in [0.2, 0.25) is 0 Å². The van der Waals surface area contributed by atoms with Crippen LogP contribution < -0.4 is 5.32 Å². The third kappa shape index (κ3) is 6.13. The van der Waals surface area contributed by atoms with Gasteiger partial charge >= 0.3 is 0 Å². The van der Waals surface area contributed by atoms with Crippen molar-refractivity contribution in [3.8, 4) is 0 Å². The van der Waals surface area contributed by atoms with Gasteiger partial charge in [0.1, 0.15) is 22.3 Å². The highest BCUT2D eigenvalue weighted by atomic mass is 32.2. The van der Waals surface area contributed by atoms with E-state index in [1.807, 2.05) is 27.8 Å². The molecule has 1 aromatic heterocycles. The highest BCUT2D eigenvalue weighted by Gasteiger charge is 2.26. The van der Waals surface area contributed by atoms with E-state index in [-0.39, 0.29) is 23.5 Å². The normalized spacial score (nSPS) is 12.4. The molecule has 1 heterocycles. The molecular weight excluding hydrogens is 471 g/mol. The van der Waals surface area contributed by atoms with Gasteiger partial charge in [-0.1, -0.05) is 12.1 Å². The van der Waals surface area contributed by atoms with E-state index >= 15 is 0 Å². The molecule has 0 unspecified atom stereocenters. The summed E-state index contributed by atoms with van der Waals surface area (Å²) in [4.78, 5) is 4.92. The molecule has 0 bridgehead atoms. The van der Waals surface area contributed by atoms with Gasteiger partial charge in [0.05, 0.1) is 17.0 Å². The van der Waals surface area contributed by atoms with Crippen LogP contribution in [0.25, 0.3) is 0 Å². The van der Waals surface area contributed by atoms with Gasteiger partial charge in [-0.05, 0) is 51.6 Å². The summed E-state index contributed by atoms with van der Waals surface area (Å²) in [5.74, 6) is -3.47. The van der Waals surface area contributed by atoms with E-state index in [1.54, 1.807) is 12.1 Å². The number of aromatic nitrogens is 1. The van der Waals surface area contributed by atoms with Crippen molar-refractivity contribution in [3.63, 3.8) is 0 Å². The summed E-state index contributed by atoms with van der Waals surface area (Å²) in [7, 11) is -2.34. The van der Waals surface area contributed by atoms with Gasteiger partial charge in [0.15, 0.2) is 9.84 Å². The summed E-state index contributed by atoms with van der Waals surface area (Å²) in [5.41, 5.74) is 2.64. The molecule has 5 nitrogen and oxygen atoms in total. The molecule has 10 heteroatoms. The van der Waals surface area contributed by atoms with Gasteiger partial charge in [-0.3, -0.25) is 4.90 Å². The van der Waals surface area contributed by atoms with Crippen molar-refractivity contribution in [2.75, 3.05) is 12.4 Å². The Morgan fingerprint density at radius 1 is 1.09 bits per heavy atom.